The molecule has 5 heteroatoms. The Balaban J connectivity index is 1.43. The summed E-state index contributed by atoms with van der Waals surface area (Å²) in [5, 5.41) is 5.98. The van der Waals surface area contributed by atoms with E-state index >= 15 is 0 Å². The lowest BCUT2D eigenvalue weighted by molar-refractivity contribution is -0.0368. The van der Waals surface area contributed by atoms with Crippen molar-refractivity contribution in [2.75, 3.05) is 6.54 Å². The van der Waals surface area contributed by atoms with Crippen molar-refractivity contribution in [2.24, 2.45) is 17.3 Å². The van der Waals surface area contributed by atoms with Crippen molar-refractivity contribution in [2.45, 2.75) is 46.1 Å². The summed E-state index contributed by atoms with van der Waals surface area (Å²) in [4.78, 5) is 20.6. The first-order valence-corrected chi connectivity index (χ1v) is 8.38. The third-order valence-electron chi connectivity index (χ3n) is 5.69. The van der Waals surface area contributed by atoms with E-state index in [0.717, 1.165) is 17.8 Å². The highest BCUT2D eigenvalue weighted by molar-refractivity contribution is 5.74. The van der Waals surface area contributed by atoms with Gasteiger partial charge in [0.1, 0.15) is 0 Å². The average molecular weight is 314 g/mol. The number of carbonyl (C=O) groups excluding carboxylic acids is 1. The van der Waals surface area contributed by atoms with Crippen LogP contribution < -0.4 is 10.6 Å². The summed E-state index contributed by atoms with van der Waals surface area (Å²) in [6, 6.07) is 0.00117. The number of fused-ring (bicyclic) bond motifs is 2. The second kappa shape index (κ2) is 5.95. The van der Waals surface area contributed by atoms with Gasteiger partial charge in [0.15, 0.2) is 0 Å². The van der Waals surface area contributed by atoms with Gasteiger partial charge in [-0.1, -0.05) is 26.0 Å². The molecule has 0 aromatic carbocycles. The number of hydrogen-bond donors (Lipinski definition) is 2. The van der Waals surface area contributed by atoms with Crippen LogP contribution >= 0.6 is 0 Å². The molecule has 0 spiro atoms. The van der Waals surface area contributed by atoms with Crippen LogP contribution in [0.3, 0.4) is 0 Å². The third kappa shape index (κ3) is 3.09. The van der Waals surface area contributed by atoms with Gasteiger partial charge in [-0.3, -0.25) is 9.97 Å². The van der Waals surface area contributed by atoms with E-state index in [1.807, 2.05) is 6.92 Å². The zero-order valence-corrected chi connectivity index (χ0v) is 14.2. The Kier molecular flexibility index (Phi) is 4.13. The zero-order chi connectivity index (χ0) is 16.6. The first-order valence-electron chi connectivity index (χ1n) is 8.38. The second-order valence-electron chi connectivity index (χ2n) is 7.47. The van der Waals surface area contributed by atoms with Gasteiger partial charge in [0.2, 0.25) is 0 Å². The Morgan fingerprint density at radius 1 is 1.35 bits per heavy atom. The molecule has 3 aliphatic rings. The summed E-state index contributed by atoms with van der Waals surface area (Å²) in [7, 11) is 0. The zero-order valence-electron chi connectivity index (χ0n) is 14.2. The molecule has 5 nitrogen and oxygen atoms in total. The molecule has 1 unspecified atom stereocenters. The number of urea groups is 1. The van der Waals surface area contributed by atoms with E-state index in [1.165, 1.54) is 12.0 Å². The highest BCUT2D eigenvalue weighted by Crippen LogP contribution is 2.60. The Labute approximate surface area is 138 Å². The number of nitrogens with one attached hydrogen (secondary N) is 2. The van der Waals surface area contributed by atoms with Gasteiger partial charge in [-0.25, -0.2) is 4.79 Å². The van der Waals surface area contributed by atoms with Gasteiger partial charge < -0.3 is 10.6 Å². The highest BCUT2D eigenvalue weighted by atomic mass is 16.2. The van der Waals surface area contributed by atoms with E-state index in [9.17, 15) is 4.79 Å². The molecule has 0 aliphatic heterocycles. The number of hydrogen-bond acceptors (Lipinski definition) is 3. The van der Waals surface area contributed by atoms with Crippen molar-refractivity contribution < 1.29 is 4.79 Å². The van der Waals surface area contributed by atoms with Crippen LogP contribution in [0.15, 0.2) is 24.5 Å². The van der Waals surface area contributed by atoms with Crippen LogP contribution in [0.5, 0.6) is 0 Å². The third-order valence-corrected chi connectivity index (χ3v) is 5.69. The fraction of sp³-hybridized carbons (Fsp3) is 0.611. The summed E-state index contributed by atoms with van der Waals surface area (Å²) in [5.41, 5.74) is 3.34. The van der Waals surface area contributed by atoms with E-state index < -0.39 is 0 Å². The van der Waals surface area contributed by atoms with Gasteiger partial charge in [-0.2, -0.15) is 0 Å². The molecule has 2 amide bonds. The quantitative estimate of drug-likeness (QED) is 0.840. The number of carbonyl (C=O) groups is 1. The molecule has 3 saturated carbocycles. The maximum atomic E-state index is 12.1. The molecule has 0 radical (unpaired) electrons. The summed E-state index contributed by atoms with van der Waals surface area (Å²) in [6.45, 7) is 11.3. The van der Waals surface area contributed by atoms with Crippen molar-refractivity contribution in [1.82, 2.24) is 20.6 Å². The van der Waals surface area contributed by atoms with Gasteiger partial charge >= 0.3 is 6.03 Å². The predicted octanol–water partition coefficient (Wildman–Crippen LogP) is 2.62. The molecule has 0 saturated heterocycles. The van der Waals surface area contributed by atoms with Crippen molar-refractivity contribution >= 4 is 6.03 Å². The molecule has 2 N–H and O–H groups in total. The number of amides is 2. The first-order chi connectivity index (χ1) is 10.9. The SMILES string of the molecule is C=C1C(NC(=O)NCCc2cnc(C)cn2)C[C@H]2C[C@@H]1C2(C)C. The molecular weight excluding hydrogens is 288 g/mol. The molecule has 3 fully saturated rings. The fourth-order valence-corrected chi connectivity index (χ4v) is 3.94. The minimum atomic E-state index is -0.115. The molecule has 3 atom stereocenters. The van der Waals surface area contributed by atoms with Crippen LogP contribution in [-0.2, 0) is 6.42 Å². The van der Waals surface area contributed by atoms with Crippen molar-refractivity contribution in [3.8, 4) is 0 Å². The lowest BCUT2D eigenvalue weighted by Gasteiger charge is -2.59. The summed E-state index contributed by atoms with van der Waals surface area (Å²) in [6.07, 6.45) is 6.43. The van der Waals surface area contributed by atoms with Crippen molar-refractivity contribution in [3.63, 3.8) is 0 Å². The lowest BCUT2D eigenvalue weighted by Crippen LogP contribution is -2.58. The maximum Gasteiger partial charge on any atom is 0.315 e. The summed E-state index contributed by atoms with van der Waals surface area (Å²) in [5.74, 6) is 1.25. The van der Waals surface area contributed by atoms with Crippen LogP contribution in [0.25, 0.3) is 0 Å². The molecule has 2 bridgehead atoms. The van der Waals surface area contributed by atoms with Crippen LogP contribution in [0.4, 0.5) is 4.79 Å². The molecule has 3 aliphatic carbocycles. The molecule has 23 heavy (non-hydrogen) atoms. The van der Waals surface area contributed by atoms with E-state index in [2.05, 4.69) is 41.0 Å². The second-order valence-corrected chi connectivity index (χ2v) is 7.47. The molecule has 4 rings (SSSR count). The average Bonchev–Trinajstić information content (AvgIpc) is 2.50. The fourth-order valence-electron chi connectivity index (χ4n) is 3.94. The number of rotatable bonds is 4. The molecule has 1 aromatic heterocycles. The standard InChI is InChI=1S/C18H26N4O/c1-11-9-21-14(10-20-11)5-6-19-17(23)22-16-8-13-7-15(12(16)2)18(13,3)4/h9-10,13,15-16H,2,5-8H2,1,3-4H3,(H2,19,22,23)/t13-,15+,16?/m1/s1. The van der Waals surface area contributed by atoms with E-state index in [0.29, 0.717) is 30.2 Å². The minimum absolute atomic E-state index is 0.115. The largest absolute Gasteiger partial charge is 0.338 e. The molecular formula is C18H26N4O. The topological polar surface area (TPSA) is 66.9 Å². The molecule has 124 valence electrons. The summed E-state index contributed by atoms with van der Waals surface area (Å²) < 4.78 is 0. The lowest BCUT2D eigenvalue weighted by atomic mass is 9.46. The van der Waals surface area contributed by atoms with Crippen LogP contribution in [0.1, 0.15) is 38.1 Å². The smallest absolute Gasteiger partial charge is 0.315 e. The van der Waals surface area contributed by atoms with Gasteiger partial charge in [0.25, 0.3) is 0 Å². The Morgan fingerprint density at radius 3 is 2.74 bits per heavy atom. The van der Waals surface area contributed by atoms with Crippen LogP contribution in [0.2, 0.25) is 0 Å². The monoisotopic (exact) mass is 314 g/mol. The van der Waals surface area contributed by atoms with E-state index in [1.54, 1.807) is 12.4 Å². The summed E-state index contributed by atoms with van der Waals surface area (Å²) >= 11 is 0. The van der Waals surface area contributed by atoms with Crippen molar-refractivity contribution in [3.05, 3.63) is 35.9 Å². The number of nitrogens with zero attached hydrogens (tertiary/aromatic N) is 2. The normalized spacial score (nSPS) is 28.0. The van der Waals surface area contributed by atoms with Gasteiger partial charge in [0, 0.05) is 25.4 Å². The number of aryl methyl sites for hydroxylation is 1. The maximum absolute atomic E-state index is 12.1. The van der Waals surface area contributed by atoms with E-state index in [4.69, 9.17) is 0 Å². The van der Waals surface area contributed by atoms with Crippen LogP contribution in [0, 0.1) is 24.2 Å². The Bertz CT molecular complexity index is 608. The first kappa shape index (κ1) is 16.0. The van der Waals surface area contributed by atoms with Gasteiger partial charge in [-0.15, -0.1) is 0 Å². The van der Waals surface area contributed by atoms with E-state index in [-0.39, 0.29) is 12.1 Å². The Hall–Kier alpha value is -1.91. The highest BCUT2D eigenvalue weighted by Gasteiger charge is 2.54. The van der Waals surface area contributed by atoms with Gasteiger partial charge in [-0.05, 0) is 37.0 Å². The Morgan fingerprint density at radius 2 is 2.13 bits per heavy atom. The van der Waals surface area contributed by atoms with Gasteiger partial charge in [0.05, 0.1) is 17.4 Å². The van der Waals surface area contributed by atoms with Crippen molar-refractivity contribution in [1.29, 1.82) is 0 Å². The predicted molar refractivity (Wildman–Crippen MR) is 89.9 cm³/mol. The van der Waals surface area contributed by atoms with Crippen LogP contribution in [-0.4, -0.2) is 28.6 Å². The minimum Gasteiger partial charge on any atom is -0.338 e. The molecule has 1 heterocycles. The molecule has 1 aromatic rings. The number of aromatic nitrogens is 2.